The fraction of sp³-hybridized carbons (Fsp3) is 0.368. The molecule has 126 valence electrons. The number of hydrogen-bond donors (Lipinski definition) is 1. The molecule has 1 unspecified atom stereocenters. The molecule has 1 aromatic carbocycles. The van der Waals surface area contributed by atoms with Gasteiger partial charge in [0.15, 0.2) is 0 Å². The van der Waals surface area contributed by atoms with E-state index in [0.29, 0.717) is 0 Å². The minimum atomic E-state index is 0.0458. The molecule has 0 radical (unpaired) electrons. The summed E-state index contributed by atoms with van der Waals surface area (Å²) in [5.41, 5.74) is 9.90. The van der Waals surface area contributed by atoms with E-state index in [1.165, 1.54) is 0 Å². The highest BCUT2D eigenvalue weighted by Crippen LogP contribution is 2.20. The number of rotatable bonds is 3. The van der Waals surface area contributed by atoms with Crippen LogP contribution in [0.2, 0.25) is 0 Å². The van der Waals surface area contributed by atoms with Crippen molar-refractivity contribution in [2.75, 3.05) is 26.2 Å². The molecule has 1 amide bonds. The first-order valence-corrected chi connectivity index (χ1v) is 8.35. The molecule has 0 bridgehead atoms. The third-order valence-electron chi connectivity index (χ3n) is 4.52. The Morgan fingerprint density at radius 2 is 1.75 bits per heavy atom. The van der Waals surface area contributed by atoms with Crippen LogP contribution < -0.4 is 5.73 Å². The van der Waals surface area contributed by atoms with Crippen molar-refractivity contribution < 1.29 is 4.79 Å². The number of amides is 1. The number of aromatic nitrogens is 1. The molecule has 0 saturated carbocycles. The smallest absolute Gasteiger partial charge is 0.253 e. The minimum absolute atomic E-state index is 0.0458. The summed E-state index contributed by atoms with van der Waals surface area (Å²) >= 11 is 0. The second-order valence-corrected chi connectivity index (χ2v) is 6.40. The van der Waals surface area contributed by atoms with Gasteiger partial charge in [-0.3, -0.25) is 14.7 Å². The van der Waals surface area contributed by atoms with Gasteiger partial charge in [-0.2, -0.15) is 0 Å². The minimum Gasteiger partial charge on any atom is -0.336 e. The maximum Gasteiger partial charge on any atom is 0.253 e. The molecular weight excluding hydrogens is 300 g/mol. The van der Waals surface area contributed by atoms with Crippen molar-refractivity contribution in [3.05, 3.63) is 53.9 Å². The van der Waals surface area contributed by atoms with Gasteiger partial charge in [-0.15, -0.1) is 0 Å². The third-order valence-corrected chi connectivity index (χ3v) is 4.52. The number of carbonyl (C=O) groups is 1. The molecule has 2 N–H and O–H groups in total. The summed E-state index contributed by atoms with van der Waals surface area (Å²) in [7, 11) is 0. The van der Waals surface area contributed by atoms with Crippen LogP contribution in [-0.4, -0.2) is 53.0 Å². The largest absolute Gasteiger partial charge is 0.336 e. The van der Waals surface area contributed by atoms with Crippen molar-refractivity contribution in [3.63, 3.8) is 0 Å². The maximum absolute atomic E-state index is 12.6. The van der Waals surface area contributed by atoms with E-state index in [1.807, 2.05) is 55.4 Å². The lowest BCUT2D eigenvalue weighted by atomic mass is 10.0. The van der Waals surface area contributed by atoms with Gasteiger partial charge >= 0.3 is 0 Å². The topological polar surface area (TPSA) is 62.5 Å². The molecule has 1 atom stereocenters. The quantitative estimate of drug-likeness (QED) is 0.939. The van der Waals surface area contributed by atoms with E-state index < -0.39 is 0 Å². The summed E-state index contributed by atoms with van der Waals surface area (Å²) in [5, 5.41) is 0. The summed E-state index contributed by atoms with van der Waals surface area (Å²) in [6.45, 7) is 7.12. The molecule has 2 heterocycles. The molecule has 5 nitrogen and oxygen atoms in total. The van der Waals surface area contributed by atoms with Crippen LogP contribution in [0.1, 0.15) is 22.8 Å². The van der Waals surface area contributed by atoms with Crippen molar-refractivity contribution in [1.82, 2.24) is 14.8 Å². The normalized spacial score (nSPS) is 16.9. The van der Waals surface area contributed by atoms with E-state index >= 15 is 0 Å². The van der Waals surface area contributed by atoms with Gasteiger partial charge in [0.25, 0.3) is 5.91 Å². The number of aryl methyl sites for hydroxylation is 1. The van der Waals surface area contributed by atoms with Crippen molar-refractivity contribution in [3.8, 4) is 11.1 Å². The number of nitrogens with two attached hydrogens (primary N) is 1. The Balaban J connectivity index is 1.68. The van der Waals surface area contributed by atoms with Crippen molar-refractivity contribution in [1.29, 1.82) is 0 Å². The Bertz CT molecular complexity index is 704. The van der Waals surface area contributed by atoms with Crippen LogP contribution in [-0.2, 0) is 0 Å². The maximum atomic E-state index is 12.6. The van der Waals surface area contributed by atoms with Crippen molar-refractivity contribution in [2.45, 2.75) is 20.0 Å². The van der Waals surface area contributed by atoms with Crippen LogP contribution in [0.5, 0.6) is 0 Å². The van der Waals surface area contributed by atoms with Crippen LogP contribution in [0.4, 0.5) is 0 Å². The lowest BCUT2D eigenvalue weighted by molar-refractivity contribution is 0.0587. The first kappa shape index (κ1) is 16.6. The first-order chi connectivity index (χ1) is 11.5. The number of piperazine rings is 1. The van der Waals surface area contributed by atoms with Crippen molar-refractivity contribution in [2.24, 2.45) is 5.73 Å². The van der Waals surface area contributed by atoms with Gasteiger partial charge in [-0.05, 0) is 43.2 Å². The van der Waals surface area contributed by atoms with Gasteiger partial charge in [0, 0.05) is 49.7 Å². The number of hydrogen-bond acceptors (Lipinski definition) is 4. The van der Waals surface area contributed by atoms with Crippen LogP contribution in [0.15, 0.2) is 42.7 Å². The molecule has 24 heavy (non-hydrogen) atoms. The van der Waals surface area contributed by atoms with E-state index in [0.717, 1.165) is 48.4 Å². The Hall–Kier alpha value is -2.24. The monoisotopic (exact) mass is 324 g/mol. The summed E-state index contributed by atoms with van der Waals surface area (Å²) in [4.78, 5) is 21.0. The molecule has 1 saturated heterocycles. The van der Waals surface area contributed by atoms with E-state index in [2.05, 4.69) is 16.0 Å². The lowest BCUT2D eigenvalue weighted by Crippen LogP contribution is -2.53. The average Bonchev–Trinajstić information content (AvgIpc) is 2.61. The SMILES string of the molecule is Cc1cncc(-c2ccc(C(=O)N3CCN(C(C)N)CC3)cc2)c1. The Labute approximate surface area is 143 Å². The Morgan fingerprint density at radius 3 is 2.33 bits per heavy atom. The number of pyridine rings is 1. The van der Waals surface area contributed by atoms with Crippen LogP contribution in [0.3, 0.4) is 0 Å². The average molecular weight is 324 g/mol. The van der Waals surface area contributed by atoms with Gasteiger partial charge in [0.2, 0.25) is 0 Å². The third kappa shape index (κ3) is 3.63. The molecule has 5 heteroatoms. The molecule has 1 fully saturated rings. The highest BCUT2D eigenvalue weighted by atomic mass is 16.2. The Kier molecular flexibility index (Phi) is 4.92. The summed E-state index contributed by atoms with van der Waals surface area (Å²) in [6, 6.07) is 9.87. The zero-order valence-electron chi connectivity index (χ0n) is 14.3. The first-order valence-electron chi connectivity index (χ1n) is 8.35. The van der Waals surface area contributed by atoms with Gasteiger partial charge < -0.3 is 10.6 Å². The highest BCUT2D eigenvalue weighted by Gasteiger charge is 2.23. The molecule has 0 aliphatic carbocycles. The number of benzene rings is 1. The van der Waals surface area contributed by atoms with Gasteiger partial charge in [-0.25, -0.2) is 0 Å². The second kappa shape index (κ2) is 7.11. The van der Waals surface area contributed by atoms with E-state index in [-0.39, 0.29) is 12.1 Å². The molecule has 3 rings (SSSR count). The lowest BCUT2D eigenvalue weighted by Gasteiger charge is -2.36. The standard InChI is InChI=1S/C19H24N4O/c1-14-11-18(13-21-12-14)16-3-5-17(6-4-16)19(24)23-9-7-22(8-10-23)15(2)20/h3-6,11-13,15H,7-10,20H2,1-2H3. The number of carbonyl (C=O) groups excluding carboxylic acids is 1. The van der Waals surface area contributed by atoms with Crippen LogP contribution >= 0.6 is 0 Å². The van der Waals surface area contributed by atoms with Crippen LogP contribution in [0, 0.1) is 6.92 Å². The molecule has 2 aromatic rings. The second-order valence-electron chi connectivity index (χ2n) is 6.40. The fourth-order valence-electron chi connectivity index (χ4n) is 3.03. The molecule has 0 spiro atoms. The summed E-state index contributed by atoms with van der Waals surface area (Å²) in [5.74, 6) is 0.0910. The zero-order valence-corrected chi connectivity index (χ0v) is 14.3. The van der Waals surface area contributed by atoms with E-state index in [4.69, 9.17) is 5.73 Å². The zero-order chi connectivity index (χ0) is 17.1. The fourth-order valence-corrected chi connectivity index (χ4v) is 3.03. The summed E-state index contributed by atoms with van der Waals surface area (Å²) in [6.07, 6.45) is 3.73. The predicted molar refractivity (Wildman–Crippen MR) is 95.5 cm³/mol. The molecule has 1 aromatic heterocycles. The Morgan fingerprint density at radius 1 is 1.08 bits per heavy atom. The van der Waals surface area contributed by atoms with E-state index in [1.54, 1.807) is 0 Å². The molecular formula is C19H24N4O. The van der Waals surface area contributed by atoms with Gasteiger partial charge in [-0.1, -0.05) is 12.1 Å². The van der Waals surface area contributed by atoms with Crippen molar-refractivity contribution >= 4 is 5.91 Å². The van der Waals surface area contributed by atoms with Gasteiger partial charge in [0.05, 0.1) is 6.17 Å². The predicted octanol–water partition coefficient (Wildman–Crippen LogP) is 2.12. The highest BCUT2D eigenvalue weighted by molar-refractivity contribution is 5.94. The van der Waals surface area contributed by atoms with Crippen LogP contribution in [0.25, 0.3) is 11.1 Å². The van der Waals surface area contributed by atoms with E-state index in [9.17, 15) is 4.79 Å². The number of nitrogens with zero attached hydrogens (tertiary/aromatic N) is 3. The summed E-state index contributed by atoms with van der Waals surface area (Å²) < 4.78 is 0. The molecule has 1 aliphatic rings. The van der Waals surface area contributed by atoms with Gasteiger partial charge in [0.1, 0.15) is 0 Å². The molecule has 1 aliphatic heterocycles.